The topological polar surface area (TPSA) is 45.2 Å². The number of nitrogens with zero attached hydrogens (tertiary/aromatic N) is 5. The highest BCUT2D eigenvalue weighted by Crippen LogP contribution is 2.30. The summed E-state index contributed by atoms with van der Waals surface area (Å²) >= 11 is 1.58. The fourth-order valence-corrected chi connectivity index (χ4v) is 3.86. The number of benzene rings is 1. The molecular formula is C17H19N5S. The van der Waals surface area contributed by atoms with Gasteiger partial charge in [0.2, 0.25) is 5.95 Å². The quantitative estimate of drug-likeness (QED) is 0.725. The summed E-state index contributed by atoms with van der Waals surface area (Å²) in [7, 11) is 0. The number of aromatic nitrogens is 3. The zero-order chi connectivity index (χ0) is 15.8. The molecule has 4 rings (SSSR count). The van der Waals surface area contributed by atoms with Crippen molar-refractivity contribution >= 4 is 33.4 Å². The third-order valence-electron chi connectivity index (χ3n) is 4.19. The van der Waals surface area contributed by atoms with Crippen LogP contribution in [-0.2, 0) is 0 Å². The number of anilines is 2. The van der Waals surface area contributed by atoms with Crippen molar-refractivity contribution in [2.75, 3.05) is 36.0 Å². The van der Waals surface area contributed by atoms with Crippen LogP contribution in [0.2, 0.25) is 0 Å². The maximum Gasteiger partial charge on any atom is 0.225 e. The third kappa shape index (κ3) is 2.74. The molecule has 0 spiro atoms. The largest absolute Gasteiger partial charge is 0.352 e. The second kappa shape index (κ2) is 5.77. The summed E-state index contributed by atoms with van der Waals surface area (Å²) in [4.78, 5) is 13.8. The van der Waals surface area contributed by atoms with E-state index in [0.29, 0.717) is 0 Å². The van der Waals surface area contributed by atoms with E-state index < -0.39 is 0 Å². The van der Waals surface area contributed by atoms with Crippen molar-refractivity contribution in [3.8, 4) is 0 Å². The van der Waals surface area contributed by atoms with E-state index >= 15 is 0 Å². The van der Waals surface area contributed by atoms with Gasteiger partial charge in [-0.15, -0.1) is 0 Å². The second-order valence-corrected chi connectivity index (χ2v) is 6.73. The summed E-state index contributed by atoms with van der Waals surface area (Å²) < 4.78 is 5.92. The molecule has 0 atom stereocenters. The van der Waals surface area contributed by atoms with Crippen LogP contribution in [0.1, 0.15) is 11.4 Å². The first kappa shape index (κ1) is 14.4. The maximum absolute atomic E-state index is 4.66. The van der Waals surface area contributed by atoms with Crippen LogP contribution >= 0.6 is 11.5 Å². The van der Waals surface area contributed by atoms with E-state index in [0.717, 1.165) is 49.3 Å². The predicted molar refractivity (Wildman–Crippen MR) is 95.6 cm³/mol. The molecule has 5 nitrogen and oxygen atoms in total. The van der Waals surface area contributed by atoms with E-state index in [4.69, 9.17) is 0 Å². The third-order valence-corrected chi connectivity index (χ3v) is 5.01. The average Bonchev–Trinajstić information content (AvgIpc) is 2.98. The van der Waals surface area contributed by atoms with E-state index in [1.807, 2.05) is 19.9 Å². The van der Waals surface area contributed by atoms with Crippen LogP contribution in [0, 0.1) is 13.8 Å². The maximum atomic E-state index is 4.66. The summed E-state index contributed by atoms with van der Waals surface area (Å²) in [6.07, 6.45) is 0. The smallest absolute Gasteiger partial charge is 0.225 e. The van der Waals surface area contributed by atoms with E-state index in [-0.39, 0.29) is 0 Å². The first-order valence-electron chi connectivity index (χ1n) is 7.87. The summed E-state index contributed by atoms with van der Waals surface area (Å²) in [5, 5.41) is 1.26. The van der Waals surface area contributed by atoms with Crippen LogP contribution in [-0.4, -0.2) is 40.5 Å². The fraction of sp³-hybridized carbons (Fsp3) is 0.353. The average molecular weight is 325 g/mol. The molecule has 118 valence electrons. The van der Waals surface area contributed by atoms with Gasteiger partial charge in [-0.3, -0.25) is 0 Å². The summed E-state index contributed by atoms with van der Waals surface area (Å²) in [6.45, 7) is 7.79. The molecule has 0 N–H and O–H groups in total. The lowest BCUT2D eigenvalue weighted by molar-refractivity contribution is 0.636. The Bertz CT molecular complexity index is 816. The first-order valence-corrected chi connectivity index (χ1v) is 8.64. The normalized spacial score (nSPS) is 15.4. The van der Waals surface area contributed by atoms with Gasteiger partial charge in [0, 0.05) is 43.0 Å². The lowest BCUT2D eigenvalue weighted by Gasteiger charge is -2.35. The van der Waals surface area contributed by atoms with Crippen molar-refractivity contribution in [1.82, 2.24) is 14.3 Å². The van der Waals surface area contributed by atoms with Crippen molar-refractivity contribution in [2.45, 2.75) is 13.8 Å². The number of aryl methyl sites for hydroxylation is 2. The molecule has 1 aliphatic heterocycles. The molecule has 0 radical (unpaired) electrons. The number of hydrogen-bond acceptors (Lipinski definition) is 6. The first-order chi connectivity index (χ1) is 11.2. The van der Waals surface area contributed by atoms with Crippen molar-refractivity contribution in [3.05, 3.63) is 41.7 Å². The lowest BCUT2D eigenvalue weighted by atomic mass is 10.2. The van der Waals surface area contributed by atoms with Gasteiger partial charge in [0.25, 0.3) is 0 Å². The van der Waals surface area contributed by atoms with Gasteiger partial charge >= 0.3 is 0 Å². The molecule has 6 heteroatoms. The highest BCUT2D eigenvalue weighted by Gasteiger charge is 2.22. The Morgan fingerprint density at radius 1 is 0.913 bits per heavy atom. The molecule has 23 heavy (non-hydrogen) atoms. The Morgan fingerprint density at radius 2 is 1.57 bits per heavy atom. The highest BCUT2D eigenvalue weighted by atomic mass is 32.1. The molecule has 0 bridgehead atoms. The Kier molecular flexibility index (Phi) is 3.61. The van der Waals surface area contributed by atoms with E-state index in [9.17, 15) is 0 Å². The molecule has 1 aromatic carbocycles. The van der Waals surface area contributed by atoms with Gasteiger partial charge < -0.3 is 9.80 Å². The SMILES string of the molecule is Cc1cc(C)nc(N2CCN(c3nsc4ccccc34)CC2)n1. The Morgan fingerprint density at radius 3 is 2.30 bits per heavy atom. The highest BCUT2D eigenvalue weighted by molar-refractivity contribution is 7.13. The van der Waals surface area contributed by atoms with Crippen LogP contribution in [0.15, 0.2) is 30.3 Å². The van der Waals surface area contributed by atoms with Crippen molar-refractivity contribution in [2.24, 2.45) is 0 Å². The second-order valence-electron chi connectivity index (χ2n) is 5.93. The number of rotatable bonds is 2. The zero-order valence-corrected chi connectivity index (χ0v) is 14.2. The van der Waals surface area contributed by atoms with Crippen LogP contribution in [0.5, 0.6) is 0 Å². The van der Waals surface area contributed by atoms with Gasteiger partial charge in [-0.25, -0.2) is 9.97 Å². The van der Waals surface area contributed by atoms with Crippen molar-refractivity contribution in [1.29, 1.82) is 0 Å². The molecule has 0 amide bonds. The van der Waals surface area contributed by atoms with Crippen molar-refractivity contribution < 1.29 is 0 Å². The summed E-state index contributed by atoms with van der Waals surface area (Å²) in [6, 6.07) is 10.5. The van der Waals surface area contributed by atoms with Crippen LogP contribution < -0.4 is 9.80 Å². The van der Waals surface area contributed by atoms with E-state index in [1.165, 1.54) is 10.1 Å². The van der Waals surface area contributed by atoms with Crippen molar-refractivity contribution in [3.63, 3.8) is 0 Å². The number of hydrogen-bond donors (Lipinski definition) is 0. The number of fused-ring (bicyclic) bond motifs is 1. The minimum absolute atomic E-state index is 0.852. The molecule has 1 fully saturated rings. The zero-order valence-electron chi connectivity index (χ0n) is 13.4. The van der Waals surface area contributed by atoms with E-state index in [2.05, 4.69) is 48.4 Å². The molecule has 3 aromatic rings. The molecular weight excluding hydrogens is 306 g/mol. The van der Waals surface area contributed by atoms with Crippen LogP contribution in [0.4, 0.5) is 11.8 Å². The molecule has 0 aliphatic carbocycles. The van der Waals surface area contributed by atoms with Crippen LogP contribution in [0.25, 0.3) is 10.1 Å². The standard InChI is InChI=1S/C17H19N5S/c1-12-11-13(2)19-17(18-12)22-9-7-21(8-10-22)16-14-5-3-4-6-15(14)23-20-16/h3-6,11H,7-10H2,1-2H3. The summed E-state index contributed by atoms with van der Waals surface area (Å²) in [5.41, 5.74) is 2.06. The lowest BCUT2D eigenvalue weighted by Crippen LogP contribution is -2.47. The minimum atomic E-state index is 0.852. The van der Waals surface area contributed by atoms with Gasteiger partial charge in [-0.05, 0) is 43.6 Å². The fourth-order valence-electron chi connectivity index (χ4n) is 3.07. The Hall–Kier alpha value is -2.21. The monoisotopic (exact) mass is 325 g/mol. The molecule has 3 heterocycles. The summed E-state index contributed by atoms with van der Waals surface area (Å²) in [5.74, 6) is 1.97. The molecule has 1 aliphatic rings. The Balaban J connectivity index is 1.53. The van der Waals surface area contributed by atoms with Gasteiger partial charge in [0.05, 0.1) is 4.70 Å². The van der Waals surface area contributed by atoms with Crippen LogP contribution in [0.3, 0.4) is 0 Å². The van der Waals surface area contributed by atoms with Gasteiger partial charge in [0.1, 0.15) is 5.82 Å². The van der Waals surface area contributed by atoms with Gasteiger partial charge in [-0.2, -0.15) is 4.37 Å². The van der Waals surface area contributed by atoms with Gasteiger partial charge in [-0.1, -0.05) is 12.1 Å². The Labute approximate surface area is 139 Å². The predicted octanol–water partition coefficient (Wildman–Crippen LogP) is 3.03. The molecule has 0 unspecified atom stereocenters. The molecule has 1 saturated heterocycles. The number of piperazine rings is 1. The minimum Gasteiger partial charge on any atom is -0.352 e. The van der Waals surface area contributed by atoms with Gasteiger partial charge in [0.15, 0.2) is 0 Å². The molecule has 0 saturated carbocycles. The molecule has 2 aromatic heterocycles. The van der Waals surface area contributed by atoms with E-state index in [1.54, 1.807) is 11.5 Å².